The monoisotopic (exact) mass is 402 g/mol. The number of nitro benzene ring substituents is 1. The number of carbonyl (C=O) groups excluding carboxylic acids is 1. The Labute approximate surface area is 162 Å². The minimum atomic E-state index is -0.541. The van der Waals surface area contributed by atoms with E-state index in [1.165, 1.54) is 36.6 Å². The van der Waals surface area contributed by atoms with E-state index in [4.69, 9.17) is 11.6 Å². The summed E-state index contributed by atoms with van der Waals surface area (Å²) in [6.07, 6.45) is 2.80. The molecule has 0 atom stereocenters. The van der Waals surface area contributed by atoms with E-state index in [1.807, 2.05) is 0 Å². The number of halogens is 1. The lowest BCUT2D eigenvalue weighted by Crippen LogP contribution is -2.19. The van der Waals surface area contributed by atoms with Gasteiger partial charge in [0.05, 0.1) is 16.0 Å². The van der Waals surface area contributed by atoms with Gasteiger partial charge in [0.1, 0.15) is 5.75 Å². The van der Waals surface area contributed by atoms with Crippen LogP contribution in [0.1, 0.15) is 11.1 Å². The molecule has 1 heterocycles. The van der Waals surface area contributed by atoms with E-state index in [0.29, 0.717) is 11.1 Å². The zero-order valence-corrected chi connectivity index (χ0v) is 15.1. The average Bonchev–Trinajstić information content (AvgIpc) is 2.98. The normalized spacial score (nSPS) is 17.0. The molecule has 0 bridgehead atoms. The third-order valence-corrected chi connectivity index (χ3v) is 4.65. The summed E-state index contributed by atoms with van der Waals surface area (Å²) in [5.41, 5.74) is 0.702. The first-order chi connectivity index (χ1) is 12.9. The molecule has 1 saturated heterocycles. The van der Waals surface area contributed by atoms with E-state index in [0.717, 1.165) is 11.8 Å². The number of carbonyl (C=O) groups is 1. The zero-order chi connectivity index (χ0) is 19.4. The number of non-ortho nitro benzene ring substituents is 1. The van der Waals surface area contributed by atoms with Crippen LogP contribution in [0, 0.1) is 10.1 Å². The summed E-state index contributed by atoms with van der Waals surface area (Å²) in [6, 6.07) is 10.6. The Kier molecular flexibility index (Phi) is 5.53. The molecule has 1 aliphatic heterocycles. The molecule has 0 spiro atoms. The van der Waals surface area contributed by atoms with Crippen molar-refractivity contribution in [2.75, 3.05) is 0 Å². The number of thioether (sulfide) groups is 1. The molecule has 0 saturated carbocycles. The second-order valence-corrected chi connectivity index (χ2v) is 6.67. The number of phenolic OH excluding ortho intramolecular Hbond substituents is 1. The maximum Gasteiger partial charge on any atom is 0.270 e. The van der Waals surface area contributed by atoms with Gasteiger partial charge in [-0.25, -0.2) is 0 Å². The molecule has 2 aromatic carbocycles. The van der Waals surface area contributed by atoms with Gasteiger partial charge in [-0.15, -0.1) is 5.10 Å². The predicted molar refractivity (Wildman–Crippen MR) is 105 cm³/mol. The maximum absolute atomic E-state index is 12.1. The fourth-order valence-corrected chi connectivity index (χ4v) is 3.05. The van der Waals surface area contributed by atoms with Gasteiger partial charge in [0.25, 0.3) is 11.6 Å². The van der Waals surface area contributed by atoms with Crippen molar-refractivity contribution in [3.05, 3.63) is 73.6 Å². The van der Waals surface area contributed by atoms with E-state index in [1.54, 1.807) is 18.2 Å². The number of benzene rings is 2. The van der Waals surface area contributed by atoms with E-state index in [-0.39, 0.29) is 26.5 Å². The zero-order valence-electron chi connectivity index (χ0n) is 13.5. The molecular weight excluding hydrogens is 392 g/mol. The van der Waals surface area contributed by atoms with Gasteiger partial charge in [-0.3, -0.25) is 20.2 Å². The summed E-state index contributed by atoms with van der Waals surface area (Å²) in [4.78, 5) is 22.7. The number of hydrogen-bond donors (Lipinski definition) is 2. The van der Waals surface area contributed by atoms with Crippen molar-refractivity contribution in [3.63, 3.8) is 0 Å². The summed E-state index contributed by atoms with van der Waals surface area (Å²) in [5, 5.41) is 31.3. The maximum atomic E-state index is 12.1. The topological polar surface area (TPSA) is 117 Å². The first kappa shape index (κ1) is 18.6. The molecule has 2 aromatic rings. The number of aromatic hydroxyl groups is 1. The Morgan fingerprint density at radius 1 is 1.22 bits per heavy atom. The minimum Gasteiger partial charge on any atom is -0.507 e. The van der Waals surface area contributed by atoms with Crippen LogP contribution in [0.15, 0.2) is 57.6 Å². The number of nitrogens with zero attached hydrogens (tertiary/aromatic N) is 3. The molecule has 27 heavy (non-hydrogen) atoms. The number of nitrogens with one attached hydrogen (secondary N) is 1. The number of phenols is 1. The lowest BCUT2D eigenvalue weighted by Gasteiger charge is -1.99. The van der Waals surface area contributed by atoms with Crippen LogP contribution in [0.3, 0.4) is 0 Å². The smallest absolute Gasteiger partial charge is 0.270 e. The Morgan fingerprint density at radius 2 is 2.00 bits per heavy atom. The van der Waals surface area contributed by atoms with Crippen LogP contribution in [0.5, 0.6) is 5.75 Å². The highest BCUT2D eigenvalue weighted by atomic mass is 35.5. The van der Waals surface area contributed by atoms with Gasteiger partial charge in [-0.1, -0.05) is 23.7 Å². The van der Waals surface area contributed by atoms with E-state index < -0.39 is 10.8 Å². The van der Waals surface area contributed by atoms with Crippen molar-refractivity contribution in [1.82, 2.24) is 5.32 Å². The predicted octanol–water partition coefficient (Wildman–Crippen LogP) is 3.55. The van der Waals surface area contributed by atoms with Crippen LogP contribution in [0.25, 0.3) is 6.08 Å². The van der Waals surface area contributed by atoms with Crippen LogP contribution < -0.4 is 5.32 Å². The fourth-order valence-electron chi connectivity index (χ4n) is 2.11. The first-order valence-electron chi connectivity index (χ1n) is 7.48. The molecule has 0 radical (unpaired) electrons. The summed E-state index contributed by atoms with van der Waals surface area (Å²) >= 11 is 7.07. The summed E-state index contributed by atoms with van der Waals surface area (Å²) in [5.74, 6) is -0.357. The lowest BCUT2D eigenvalue weighted by atomic mass is 10.2. The van der Waals surface area contributed by atoms with Crippen LogP contribution >= 0.6 is 23.4 Å². The molecule has 2 N–H and O–H groups in total. The van der Waals surface area contributed by atoms with Crippen LogP contribution in [-0.2, 0) is 4.79 Å². The molecule has 1 amide bonds. The van der Waals surface area contributed by atoms with Gasteiger partial charge in [0, 0.05) is 28.3 Å². The second kappa shape index (κ2) is 8.02. The summed E-state index contributed by atoms with van der Waals surface area (Å²) < 4.78 is 0. The number of amidine groups is 1. The number of amides is 1. The molecule has 1 fully saturated rings. The molecule has 8 nitrogen and oxygen atoms in total. The van der Waals surface area contributed by atoms with Gasteiger partial charge in [-0.2, -0.15) is 5.10 Å². The van der Waals surface area contributed by atoms with Crippen molar-refractivity contribution < 1.29 is 14.8 Å². The molecule has 10 heteroatoms. The van der Waals surface area contributed by atoms with Crippen LogP contribution in [-0.4, -0.2) is 27.3 Å². The number of nitro groups is 1. The van der Waals surface area contributed by atoms with E-state index in [9.17, 15) is 20.0 Å². The third-order valence-electron chi connectivity index (χ3n) is 3.41. The molecule has 0 aliphatic carbocycles. The van der Waals surface area contributed by atoms with Crippen molar-refractivity contribution in [3.8, 4) is 5.75 Å². The molecule has 3 rings (SSSR count). The molecule has 1 aliphatic rings. The van der Waals surface area contributed by atoms with Gasteiger partial charge in [0.2, 0.25) is 0 Å². The van der Waals surface area contributed by atoms with Gasteiger partial charge in [0.15, 0.2) is 5.17 Å². The fraction of sp³-hybridized carbons (Fsp3) is 0. The molecule has 136 valence electrons. The summed E-state index contributed by atoms with van der Waals surface area (Å²) in [6.45, 7) is 0. The quantitative estimate of drug-likeness (QED) is 0.351. The molecule has 0 unspecified atom stereocenters. The highest BCUT2D eigenvalue weighted by Gasteiger charge is 2.24. The highest BCUT2D eigenvalue weighted by Crippen LogP contribution is 2.30. The number of para-hydroxylation sites is 1. The van der Waals surface area contributed by atoms with E-state index >= 15 is 0 Å². The van der Waals surface area contributed by atoms with Gasteiger partial charge >= 0.3 is 0 Å². The first-order valence-corrected chi connectivity index (χ1v) is 8.67. The Hall–Kier alpha value is -3.17. The third kappa shape index (κ3) is 4.52. The Morgan fingerprint density at radius 3 is 2.74 bits per heavy atom. The van der Waals surface area contributed by atoms with Crippen molar-refractivity contribution >= 4 is 52.4 Å². The lowest BCUT2D eigenvalue weighted by molar-refractivity contribution is -0.384. The van der Waals surface area contributed by atoms with Crippen molar-refractivity contribution in [2.45, 2.75) is 0 Å². The Bertz CT molecular complexity index is 1020. The minimum absolute atomic E-state index is 0.0606. The number of rotatable bonds is 4. The molecule has 0 aromatic heterocycles. The van der Waals surface area contributed by atoms with Crippen molar-refractivity contribution in [2.24, 2.45) is 10.2 Å². The van der Waals surface area contributed by atoms with Gasteiger partial charge < -0.3 is 5.11 Å². The SMILES string of the molecule is O=C1N/C(=N\N=C/c2ccccc2O)S/C1=C/c1cc([N+](=O)[O-])ccc1Cl. The van der Waals surface area contributed by atoms with Crippen LogP contribution in [0.4, 0.5) is 5.69 Å². The number of hydrogen-bond acceptors (Lipinski definition) is 7. The standard InChI is InChI=1S/C17H11ClN4O4S/c18-13-6-5-12(22(25)26)7-11(13)8-15-16(24)20-17(27-15)21-19-9-10-3-1-2-4-14(10)23/h1-9,23H,(H,20,21,24)/b15-8+,19-9-. The van der Waals surface area contributed by atoms with Gasteiger partial charge in [-0.05, 0) is 36.0 Å². The van der Waals surface area contributed by atoms with Crippen LogP contribution in [0.2, 0.25) is 5.02 Å². The second-order valence-electron chi connectivity index (χ2n) is 5.24. The average molecular weight is 403 g/mol. The van der Waals surface area contributed by atoms with Crippen molar-refractivity contribution in [1.29, 1.82) is 0 Å². The van der Waals surface area contributed by atoms with E-state index in [2.05, 4.69) is 15.5 Å². The highest BCUT2D eigenvalue weighted by molar-refractivity contribution is 8.18. The Balaban J connectivity index is 1.79. The summed E-state index contributed by atoms with van der Waals surface area (Å²) in [7, 11) is 0. The largest absolute Gasteiger partial charge is 0.507 e. The molecular formula is C17H11ClN4O4S.